The van der Waals surface area contributed by atoms with E-state index < -0.39 is 12.1 Å². The van der Waals surface area contributed by atoms with Gasteiger partial charge in [-0.15, -0.1) is 0 Å². The molecule has 1 heterocycles. The van der Waals surface area contributed by atoms with Crippen molar-refractivity contribution in [3.63, 3.8) is 0 Å². The van der Waals surface area contributed by atoms with Gasteiger partial charge in [-0.3, -0.25) is 4.68 Å². The molecule has 1 rings (SSSR count). The molecule has 0 radical (unpaired) electrons. The Bertz CT molecular complexity index is 348. The van der Waals surface area contributed by atoms with E-state index in [4.69, 9.17) is 14.9 Å². The first-order valence-corrected chi connectivity index (χ1v) is 4.51. The summed E-state index contributed by atoms with van der Waals surface area (Å²) in [7, 11) is 1.73. The highest BCUT2D eigenvalue weighted by Crippen LogP contribution is 2.20. The third kappa shape index (κ3) is 2.54. The van der Waals surface area contributed by atoms with E-state index in [1.165, 1.54) is 6.20 Å². The van der Waals surface area contributed by atoms with Crippen LogP contribution in [0.2, 0.25) is 0 Å². The summed E-state index contributed by atoms with van der Waals surface area (Å²) in [6.07, 6.45) is 0.400. The van der Waals surface area contributed by atoms with Crippen LogP contribution in [-0.2, 0) is 16.6 Å². The van der Waals surface area contributed by atoms with Gasteiger partial charge in [-0.25, -0.2) is 4.79 Å². The Morgan fingerprint density at radius 2 is 2.40 bits per heavy atom. The molecule has 1 aromatic rings. The summed E-state index contributed by atoms with van der Waals surface area (Å²) < 4.78 is 6.61. The highest BCUT2D eigenvalue weighted by Gasteiger charge is 2.24. The Labute approximate surface area is 87.1 Å². The molecule has 1 aromatic heterocycles. The van der Waals surface area contributed by atoms with Gasteiger partial charge in [-0.05, 0) is 6.92 Å². The molecule has 2 N–H and O–H groups in total. The van der Waals surface area contributed by atoms with Gasteiger partial charge >= 0.3 is 5.97 Å². The zero-order valence-corrected chi connectivity index (χ0v) is 8.67. The molecule has 0 amide bonds. The molecule has 6 heteroatoms. The van der Waals surface area contributed by atoms with Gasteiger partial charge < -0.3 is 14.9 Å². The lowest BCUT2D eigenvalue weighted by Crippen LogP contribution is -2.17. The van der Waals surface area contributed by atoms with Gasteiger partial charge in [-0.1, -0.05) is 0 Å². The molecule has 0 aliphatic heterocycles. The minimum absolute atomic E-state index is 0.00863. The summed E-state index contributed by atoms with van der Waals surface area (Å²) in [4.78, 5) is 10.9. The van der Waals surface area contributed by atoms with E-state index in [1.807, 2.05) is 0 Å². The second-order valence-corrected chi connectivity index (χ2v) is 3.12. The monoisotopic (exact) mass is 214 g/mol. The van der Waals surface area contributed by atoms with Crippen LogP contribution in [0.1, 0.15) is 17.4 Å². The first-order valence-electron chi connectivity index (χ1n) is 4.51. The maximum atomic E-state index is 10.9. The number of carboxylic acid groups (broad SMARTS) is 1. The first kappa shape index (κ1) is 11.7. The SMILES string of the molecule is Cc1c(C(OCCO)C(=O)O)cnn1C. The first-order chi connectivity index (χ1) is 7.07. The van der Waals surface area contributed by atoms with Crippen LogP contribution >= 0.6 is 0 Å². The molecule has 1 atom stereocenters. The van der Waals surface area contributed by atoms with Gasteiger partial charge in [0.1, 0.15) is 0 Å². The Morgan fingerprint density at radius 1 is 1.73 bits per heavy atom. The van der Waals surface area contributed by atoms with Crippen LogP contribution in [-0.4, -0.2) is 39.2 Å². The fourth-order valence-corrected chi connectivity index (χ4v) is 1.24. The van der Waals surface area contributed by atoms with Crippen molar-refractivity contribution < 1.29 is 19.7 Å². The number of rotatable bonds is 5. The molecular formula is C9H14N2O4. The van der Waals surface area contributed by atoms with E-state index in [2.05, 4.69) is 5.10 Å². The highest BCUT2D eigenvalue weighted by atomic mass is 16.5. The number of hydrogen-bond donors (Lipinski definition) is 2. The van der Waals surface area contributed by atoms with E-state index in [1.54, 1.807) is 18.7 Å². The number of aliphatic hydroxyl groups excluding tert-OH is 1. The number of aromatic nitrogens is 2. The lowest BCUT2D eigenvalue weighted by atomic mass is 10.1. The van der Waals surface area contributed by atoms with E-state index in [0.29, 0.717) is 5.56 Å². The van der Waals surface area contributed by atoms with Crippen molar-refractivity contribution in [2.45, 2.75) is 13.0 Å². The van der Waals surface area contributed by atoms with Crippen LogP contribution in [0.15, 0.2) is 6.20 Å². The molecular weight excluding hydrogens is 200 g/mol. The smallest absolute Gasteiger partial charge is 0.337 e. The van der Waals surface area contributed by atoms with Crippen molar-refractivity contribution in [2.24, 2.45) is 7.05 Å². The average Bonchev–Trinajstić information content (AvgIpc) is 2.50. The van der Waals surface area contributed by atoms with E-state index >= 15 is 0 Å². The van der Waals surface area contributed by atoms with Crippen molar-refractivity contribution in [3.8, 4) is 0 Å². The van der Waals surface area contributed by atoms with Crippen LogP contribution in [0.5, 0.6) is 0 Å². The third-order valence-electron chi connectivity index (χ3n) is 2.16. The zero-order chi connectivity index (χ0) is 11.4. The van der Waals surface area contributed by atoms with Crippen LogP contribution in [0.4, 0.5) is 0 Å². The quantitative estimate of drug-likeness (QED) is 0.712. The third-order valence-corrected chi connectivity index (χ3v) is 2.16. The van der Waals surface area contributed by atoms with Gasteiger partial charge in [0, 0.05) is 18.3 Å². The Morgan fingerprint density at radius 3 is 2.80 bits per heavy atom. The number of aryl methyl sites for hydroxylation is 1. The van der Waals surface area contributed by atoms with Crippen LogP contribution in [0, 0.1) is 6.92 Å². The van der Waals surface area contributed by atoms with Crippen LogP contribution in [0.25, 0.3) is 0 Å². The van der Waals surface area contributed by atoms with Crippen molar-refractivity contribution >= 4 is 5.97 Å². The second kappa shape index (κ2) is 4.90. The number of aliphatic hydroxyl groups is 1. The van der Waals surface area contributed by atoms with E-state index in [0.717, 1.165) is 5.69 Å². The number of aliphatic carboxylic acids is 1. The van der Waals surface area contributed by atoms with Gasteiger partial charge in [-0.2, -0.15) is 5.10 Å². The molecule has 1 unspecified atom stereocenters. The summed E-state index contributed by atoms with van der Waals surface area (Å²) >= 11 is 0. The lowest BCUT2D eigenvalue weighted by Gasteiger charge is -2.12. The Hall–Kier alpha value is -1.40. The summed E-state index contributed by atoms with van der Waals surface area (Å²) in [5.41, 5.74) is 1.25. The highest BCUT2D eigenvalue weighted by molar-refractivity contribution is 5.74. The molecule has 0 saturated heterocycles. The normalized spacial score (nSPS) is 12.7. The average molecular weight is 214 g/mol. The predicted octanol–water partition coefficient (Wildman–Crippen LogP) is -0.137. The maximum Gasteiger partial charge on any atom is 0.337 e. The summed E-state index contributed by atoms with van der Waals surface area (Å²) in [5.74, 6) is -1.08. The molecule has 0 aromatic carbocycles. The van der Waals surface area contributed by atoms with Gasteiger partial charge in [0.15, 0.2) is 6.10 Å². The number of hydrogen-bond acceptors (Lipinski definition) is 4. The molecule has 15 heavy (non-hydrogen) atoms. The molecule has 0 aliphatic carbocycles. The molecule has 0 bridgehead atoms. The van der Waals surface area contributed by atoms with Gasteiger partial charge in [0.05, 0.1) is 19.4 Å². The molecule has 0 aliphatic rings. The van der Waals surface area contributed by atoms with Crippen molar-refractivity contribution in [1.82, 2.24) is 9.78 Å². The Balaban J connectivity index is 2.89. The fraction of sp³-hybridized carbons (Fsp3) is 0.556. The number of carbonyl (C=O) groups is 1. The lowest BCUT2D eigenvalue weighted by molar-refractivity contribution is -0.151. The summed E-state index contributed by atoms with van der Waals surface area (Å²) in [6, 6.07) is 0. The minimum Gasteiger partial charge on any atom is -0.479 e. The van der Waals surface area contributed by atoms with Crippen LogP contribution in [0.3, 0.4) is 0 Å². The molecule has 6 nitrogen and oxygen atoms in total. The Kier molecular flexibility index (Phi) is 3.81. The van der Waals surface area contributed by atoms with Gasteiger partial charge in [0.25, 0.3) is 0 Å². The standard InChI is InChI=1S/C9H14N2O4/c1-6-7(5-10-11(6)2)8(9(13)14)15-4-3-12/h5,8,12H,3-4H2,1-2H3,(H,13,14). The van der Waals surface area contributed by atoms with Crippen molar-refractivity contribution in [1.29, 1.82) is 0 Å². The predicted molar refractivity (Wildman–Crippen MR) is 51.4 cm³/mol. The van der Waals surface area contributed by atoms with Crippen molar-refractivity contribution in [2.75, 3.05) is 13.2 Å². The zero-order valence-electron chi connectivity index (χ0n) is 8.67. The number of ether oxygens (including phenoxy) is 1. The molecule has 0 fully saturated rings. The molecule has 0 spiro atoms. The van der Waals surface area contributed by atoms with E-state index in [9.17, 15) is 4.79 Å². The number of carboxylic acids is 1. The summed E-state index contributed by atoms with van der Waals surface area (Å²) in [6.45, 7) is 1.55. The molecule has 84 valence electrons. The van der Waals surface area contributed by atoms with Crippen LogP contribution < -0.4 is 0 Å². The topological polar surface area (TPSA) is 84.6 Å². The van der Waals surface area contributed by atoms with Gasteiger partial charge in [0.2, 0.25) is 0 Å². The maximum absolute atomic E-state index is 10.9. The largest absolute Gasteiger partial charge is 0.479 e. The second-order valence-electron chi connectivity index (χ2n) is 3.12. The number of nitrogens with zero attached hydrogens (tertiary/aromatic N) is 2. The fourth-order valence-electron chi connectivity index (χ4n) is 1.24. The molecule has 0 saturated carbocycles. The summed E-state index contributed by atoms with van der Waals surface area (Å²) in [5, 5.41) is 21.5. The minimum atomic E-state index is -1.08. The van der Waals surface area contributed by atoms with Crippen molar-refractivity contribution in [3.05, 3.63) is 17.5 Å². The van der Waals surface area contributed by atoms with E-state index in [-0.39, 0.29) is 13.2 Å².